The van der Waals surface area contributed by atoms with Crippen molar-refractivity contribution in [3.63, 3.8) is 0 Å². The van der Waals surface area contributed by atoms with E-state index in [1.807, 2.05) is 94.4 Å². The summed E-state index contributed by atoms with van der Waals surface area (Å²) in [6.45, 7) is 7.92. The number of aryl methyl sites for hydroxylation is 3. The van der Waals surface area contributed by atoms with E-state index in [-0.39, 0.29) is 12.5 Å². The molecule has 0 heterocycles. The van der Waals surface area contributed by atoms with E-state index in [0.29, 0.717) is 18.7 Å². The minimum Gasteiger partial charge on any atom is -0.354 e. The summed E-state index contributed by atoms with van der Waals surface area (Å²) < 4.78 is 27.0. The molecule has 0 bridgehead atoms. The Morgan fingerprint density at radius 3 is 2.18 bits per heavy atom. The molecule has 3 aromatic carbocycles. The summed E-state index contributed by atoms with van der Waals surface area (Å²) in [6.07, 6.45) is 2.15. The van der Waals surface area contributed by atoms with Crippen LogP contribution in [0.25, 0.3) is 0 Å². The molecule has 1 atom stereocenters. The van der Waals surface area contributed by atoms with E-state index < -0.39 is 28.5 Å². The Labute approximate surface area is 232 Å². The van der Waals surface area contributed by atoms with Crippen LogP contribution < -0.4 is 9.62 Å². The lowest BCUT2D eigenvalue weighted by molar-refractivity contribution is -0.140. The molecule has 0 saturated heterocycles. The van der Waals surface area contributed by atoms with Crippen LogP contribution in [0.3, 0.4) is 0 Å². The Kier molecular flexibility index (Phi) is 10.3. The zero-order chi connectivity index (χ0) is 28.6. The Hall–Kier alpha value is -3.65. The van der Waals surface area contributed by atoms with Crippen molar-refractivity contribution in [2.45, 2.75) is 53.1 Å². The van der Waals surface area contributed by atoms with Gasteiger partial charge in [-0.05, 0) is 55.5 Å². The highest BCUT2D eigenvalue weighted by Crippen LogP contribution is 2.25. The van der Waals surface area contributed by atoms with Crippen LogP contribution in [-0.4, -0.2) is 50.5 Å². The average molecular weight is 550 g/mol. The molecule has 2 amide bonds. The number of rotatable bonds is 12. The zero-order valence-electron chi connectivity index (χ0n) is 23.5. The van der Waals surface area contributed by atoms with Gasteiger partial charge in [-0.25, -0.2) is 8.42 Å². The highest BCUT2D eigenvalue weighted by Gasteiger charge is 2.33. The van der Waals surface area contributed by atoms with Gasteiger partial charge in [0.25, 0.3) is 0 Å². The molecule has 1 N–H and O–H groups in total. The van der Waals surface area contributed by atoms with Crippen LogP contribution in [-0.2, 0) is 32.6 Å². The van der Waals surface area contributed by atoms with Crippen LogP contribution >= 0.6 is 0 Å². The maximum atomic E-state index is 14.1. The number of hydrogen-bond donors (Lipinski definition) is 1. The van der Waals surface area contributed by atoms with Gasteiger partial charge in [0.1, 0.15) is 12.6 Å². The minimum atomic E-state index is -3.80. The van der Waals surface area contributed by atoms with Crippen LogP contribution in [0.5, 0.6) is 0 Å². The third-order valence-electron chi connectivity index (χ3n) is 6.72. The van der Waals surface area contributed by atoms with Gasteiger partial charge >= 0.3 is 0 Å². The number of carbonyl (C=O) groups excluding carboxylic acids is 2. The highest BCUT2D eigenvalue weighted by atomic mass is 32.2. The van der Waals surface area contributed by atoms with E-state index >= 15 is 0 Å². The van der Waals surface area contributed by atoms with Crippen LogP contribution in [0.2, 0.25) is 0 Å². The standard InChI is InChI=1S/C31H39N3O4S/c1-6-18-32-31(36)29(20-26-13-8-7-9-14-26)33(21-27-15-11-10-12-24(27)3)30(35)22-34(39(5,37)38)28-17-16-23(2)19-25(28)4/h7-17,19,29H,6,18,20-22H2,1-5H3,(H,32,36). The lowest BCUT2D eigenvalue weighted by Crippen LogP contribution is -2.53. The van der Waals surface area contributed by atoms with Gasteiger partial charge in [0.15, 0.2) is 0 Å². The molecule has 0 saturated carbocycles. The van der Waals surface area contributed by atoms with E-state index in [2.05, 4.69) is 5.32 Å². The quantitative estimate of drug-likeness (QED) is 0.359. The number of sulfonamides is 1. The predicted molar refractivity (Wildman–Crippen MR) is 157 cm³/mol. The van der Waals surface area contributed by atoms with Gasteiger partial charge in [0.2, 0.25) is 21.8 Å². The van der Waals surface area contributed by atoms with Crippen LogP contribution in [0.15, 0.2) is 72.8 Å². The molecule has 0 fully saturated rings. The summed E-state index contributed by atoms with van der Waals surface area (Å²) in [5.41, 5.74) is 4.98. The summed E-state index contributed by atoms with van der Waals surface area (Å²) in [5.74, 6) is -0.712. The van der Waals surface area contributed by atoms with Crippen molar-refractivity contribution in [1.82, 2.24) is 10.2 Å². The maximum absolute atomic E-state index is 14.1. The van der Waals surface area contributed by atoms with E-state index in [4.69, 9.17) is 0 Å². The number of carbonyl (C=O) groups is 2. The summed E-state index contributed by atoms with van der Waals surface area (Å²) >= 11 is 0. The molecule has 1 unspecified atom stereocenters. The molecule has 208 valence electrons. The maximum Gasteiger partial charge on any atom is 0.244 e. The Morgan fingerprint density at radius 1 is 0.897 bits per heavy atom. The van der Waals surface area contributed by atoms with Gasteiger partial charge < -0.3 is 10.2 Å². The van der Waals surface area contributed by atoms with E-state index in [0.717, 1.165) is 44.8 Å². The molecule has 0 spiro atoms. The van der Waals surface area contributed by atoms with Crippen molar-refractivity contribution >= 4 is 27.5 Å². The van der Waals surface area contributed by atoms with E-state index in [9.17, 15) is 18.0 Å². The smallest absolute Gasteiger partial charge is 0.244 e. The van der Waals surface area contributed by atoms with Gasteiger partial charge in [0, 0.05) is 19.5 Å². The van der Waals surface area contributed by atoms with Crippen LogP contribution in [0, 0.1) is 20.8 Å². The molecular formula is C31H39N3O4S. The molecule has 0 radical (unpaired) electrons. The fourth-order valence-electron chi connectivity index (χ4n) is 4.57. The Morgan fingerprint density at radius 2 is 1.56 bits per heavy atom. The third-order valence-corrected chi connectivity index (χ3v) is 7.85. The van der Waals surface area contributed by atoms with Gasteiger partial charge in [0.05, 0.1) is 11.9 Å². The first-order valence-electron chi connectivity index (χ1n) is 13.2. The number of nitrogens with one attached hydrogen (secondary N) is 1. The molecule has 0 aliphatic rings. The predicted octanol–water partition coefficient (Wildman–Crippen LogP) is 4.54. The zero-order valence-corrected chi connectivity index (χ0v) is 24.3. The molecule has 0 aliphatic heterocycles. The fourth-order valence-corrected chi connectivity index (χ4v) is 5.48. The Balaban J connectivity index is 2.07. The van der Waals surface area contributed by atoms with Crippen molar-refractivity contribution < 1.29 is 18.0 Å². The normalized spacial score (nSPS) is 12.0. The first kappa shape index (κ1) is 29.9. The second kappa shape index (κ2) is 13.4. The van der Waals surface area contributed by atoms with Gasteiger partial charge in [-0.15, -0.1) is 0 Å². The van der Waals surface area contributed by atoms with Crippen molar-refractivity contribution in [3.8, 4) is 0 Å². The summed E-state index contributed by atoms with van der Waals surface area (Å²) in [5, 5.41) is 2.95. The number of anilines is 1. The summed E-state index contributed by atoms with van der Waals surface area (Å²) in [4.78, 5) is 29.2. The first-order valence-corrected chi connectivity index (χ1v) is 15.1. The molecule has 0 aromatic heterocycles. The largest absolute Gasteiger partial charge is 0.354 e. The molecule has 3 rings (SSSR count). The molecule has 39 heavy (non-hydrogen) atoms. The number of benzene rings is 3. The monoisotopic (exact) mass is 549 g/mol. The van der Waals surface area contributed by atoms with Gasteiger partial charge in [-0.2, -0.15) is 0 Å². The molecule has 8 heteroatoms. The van der Waals surface area contributed by atoms with Crippen molar-refractivity contribution in [1.29, 1.82) is 0 Å². The third kappa shape index (κ3) is 8.17. The molecule has 0 aliphatic carbocycles. The van der Waals surface area contributed by atoms with Crippen LogP contribution in [0.4, 0.5) is 5.69 Å². The number of nitrogens with zero attached hydrogens (tertiary/aromatic N) is 2. The number of amides is 2. The fraction of sp³-hybridized carbons (Fsp3) is 0.355. The lowest BCUT2D eigenvalue weighted by Gasteiger charge is -2.34. The van der Waals surface area contributed by atoms with E-state index in [1.165, 1.54) is 4.90 Å². The highest BCUT2D eigenvalue weighted by molar-refractivity contribution is 7.92. The Bertz CT molecular complexity index is 1390. The van der Waals surface area contributed by atoms with Crippen molar-refractivity contribution in [2.75, 3.05) is 23.7 Å². The molecule has 7 nitrogen and oxygen atoms in total. The topological polar surface area (TPSA) is 86.8 Å². The number of hydrogen-bond acceptors (Lipinski definition) is 4. The van der Waals surface area contributed by atoms with Crippen molar-refractivity contribution in [3.05, 3.63) is 101 Å². The van der Waals surface area contributed by atoms with Gasteiger partial charge in [-0.3, -0.25) is 13.9 Å². The SMILES string of the molecule is CCCNC(=O)C(Cc1ccccc1)N(Cc1ccccc1C)C(=O)CN(c1ccc(C)cc1C)S(C)(=O)=O. The van der Waals surface area contributed by atoms with Crippen LogP contribution in [0.1, 0.15) is 41.2 Å². The van der Waals surface area contributed by atoms with E-state index in [1.54, 1.807) is 6.07 Å². The second-order valence-electron chi connectivity index (χ2n) is 10.0. The summed E-state index contributed by atoms with van der Waals surface area (Å²) in [6, 6.07) is 21.9. The average Bonchev–Trinajstić information content (AvgIpc) is 2.89. The molecular weight excluding hydrogens is 510 g/mol. The second-order valence-corrected chi connectivity index (χ2v) is 11.9. The lowest BCUT2D eigenvalue weighted by atomic mass is 10.0. The van der Waals surface area contributed by atoms with Gasteiger partial charge in [-0.1, -0.05) is 79.2 Å². The first-order chi connectivity index (χ1) is 18.5. The minimum absolute atomic E-state index is 0.174. The van der Waals surface area contributed by atoms with Crippen molar-refractivity contribution in [2.24, 2.45) is 0 Å². The summed E-state index contributed by atoms with van der Waals surface area (Å²) in [7, 11) is -3.80. The molecule has 3 aromatic rings.